The number of likely N-dealkylation sites (tertiary alicyclic amines) is 1. The molecule has 0 aliphatic carbocycles. The molecule has 3 aromatic rings. The third-order valence-electron chi connectivity index (χ3n) is 6.82. The van der Waals surface area contributed by atoms with Crippen LogP contribution in [0.1, 0.15) is 31.7 Å². The predicted octanol–water partition coefficient (Wildman–Crippen LogP) is 5.01. The van der Waals surface area contributed by atoms with Crippen molar-refractivity contribution < 1.29 is 14.3 Å². The molecule has 0 radical (unpaired) electrons. The Morgan fingerprint density at radius 3 is 2.72 bits per heavy atom. The van der Waals surface area contributed by atoms with Crippen LogP contribution in [-0.2, 0) is 9.53 Å². The highest BCUT2D eigenvalue weighted by molar-refractivity contribution is 5.88. The maximum atomic E-state index is 12.6. The first-order valence-corrected chi connectivity index (χ1v) is 11.6. The summed E-state index contributed by atoms with van der Waals surface area (Å²) >= 11 is 0. The van der Waals surface area contributed by atoms with Gasteiger partial charge in [-0.3, -0.25) is 9.78 Å². The van der Waals surface area contributed by atoms with Gasteiger partial charge in [0.2, 0.25) is 0 Å². The summed E-state index contributed by atoms with van der Waals surface area (Å²) in [4.78, 5) is 19.2. The van der Waals surface area contributed by atoms with Crippen molar-refractivity contribution in [2.75, 3.05) is 19.7 Å². The van der Waals surface area contributed by atoms with Crippen LogP contribution in [0.3, 0.4) is 0 Å². The summed E-state index contributed by atoms with van der Waals surface area (Å²) in [6.45, 7) is 6.46. The molecule has 5 heteroatoms. The van der Waals surface area contributed by atoms with Gasteiger partial charge in [-0.25, -0.2) is 0 Å². The van der Waals surface area contributed by atoms with Crippen molar-refractivity contribution in [1.29, 1.82) is 0 Å². The molecule has 2 aliphatic heterocycles. The van der Waals surface area contributed by atoms with Crippen molar-refractivity contribution in [3.63, 3.8) is 0 Å². The van der Waals surface area contributed by atoms with E-state index in [1.54, 1.807) is 0 Å². The van der Waals surface area contributed by atoms with Gasteiger partial charge >= 0.3 is 0 Å². The SMILES string of the molecule is Cc1c(-c2ccc(OC3CCN(C(=O)[C@@H]4CCCO4)CC3C)cc2)ccc2cccnc12. The van der Waals surface area contributed by atoms with Crippen LogP contribution < -0.4 is 4.74 Å². The van der Waals surface area contributed by atoms with Crippen LogP contribution in [-0.4, -0.2) is 47.7 Å². The summed E-state index contributed by atoms with van der Waals surface area (Å²) in [6, 6.07) is 16.7. The van der Waals surface area contributed by atoms with Gasteiger partial charge in [0, 0.05) is 43.6 Å². The fourth-order valence-electron chi connectivity index (χ4n) is 4.97. The first-order valence-electron chi connectivity index (χ1n) is 11.6. The minimum Gasteiger partial charge on any atom is -0.490 e. The van der Waals surface area contributed by atoms with E-state index in [-0.39, 0.29) is 24.0 Å². The molecule has 32 heavy (non-hydrogen) atoms. The van der Waals surface area contributed by atoms with Crippen LogP contribution in [0.15, 0.2) is 54.7 Å². The molecule has 166 valence electrons. The largest absolute Gasteiger partial charge is 0.490 e. The van der Waals surface area contributed by atoms with E-state index in [2.05, 4.69) is 49.2 Å². The number of nitrogens with zero attached hydrogens (tertiary/aromatic N) is 2. The van der Waals surface area contributed by atoms with Crippen LogP contribution >= 0.6 is 0 Å². The molecule has 0 bridgehead atoms. The number of hydrogen-bond acceptors (Lipinski definition) is 4. The average molecular weight is 431 g/mol. The normalized spacial score (nSPS) is 23.4. The van der Waals surface area contributed by atoms with E-state index in [9.17, 15) is 4.79 Å². The van der Waals surface area contributed by atoms with Gasteiger partial charge < -0.3 is 14.4 Å². The number of ether oxygens (including phenoxy) is 2. The van der Waals surface area contributed by atoms with E-state index < -0.39 is 0 Å². The second kappa shape index (κ2) is 8.91. The van der Waals surface area contributed by atoms with Gasteiger partial charge in [0.25, 0.3) is 5.91 Å². The lowest BCUT2D eigenvalue weighted by atomic mass is 9.95. The highest BCUT2D eigenvalue weighted by Crippen LogP contribution is 2.31. The lowest BCUT2D eigenvalue weighted by Crippen LogP contribution is -2.49. The van der Waals surface area contributed by atoms with Crippen LogP contribution in [0.4, 0.5) is 0 Å². The highest BCUT2D eigenvalue weighted by atomic mass is 16.5. The van der Waals surface area contributed by atoms with Crippen molar-refractivity contribution in [2.45, 2.75) is 45.3 Å². The van der Waals surface area contributed by atoms with Crippen LogP contribution in [0.2, 0.25) is 0 Å². The number of aryl methyl sites for hydroxylation is 1. The van der Waals surface area contributed by atoms with Gasteiger partial charge in [-0.2, -0.15) is 0 Å². The summed E-state index contributed by atoms with van der Waals surface area (Å²) in [7, 11) is 0. The highest BCUT2D eigenvalue weighted by Gasteiger charge is 2.34. The first kappa shape index (κ1) is 21.0. The molecule has 1 amide bonds. The number of amides is 1. The molecule has 0 spiro atoms. The van der Waals surface area contributed by atoms with Crippen molar-refractivity contribution in [3.05, 3.63) is 60.3 Å². The summed E-state index contributed by atoms with van der Waals surface area (Å²) < 4.78 is 11.9. The molecular weight excluding hydrogens is 400 g/mol. The molecule has 1 aromatic heterocycles. The van der Waals surface area contributed by atoms with Crippen molar-refractivity contribution >= 4 is 16.8 Å². The molecule has 3 heterocycles. The molecule has 2 unspecified atom stereocenters. The number of benzene rings is 2. The van der Waals surface area contributed by atoms with E-state index in [1.165, 1.54) is 11.1 Å². The van der Waals surface area contributed by atoms with Crippen LogP contribution in [0.25, 0.3) is 22.0 Å². The minimum absolute atomic E-state index is 0.112. The molecule has 3 atom stereocenters. The Balaban J connectivity index is 1.24. The lowest BCUT2D eigenvalue weighted by Gasteiger charge is -2.37. The minimum atomic E-state index is -0.235. The topological polar surface area (TPSA) is 51.7 Å². The van der Waals surface area contributed by atoms with E-state index in [0.717, 1.165) is 54.6 Å². The van der Waals surface area contributed by atoms with E-state index in [0.29, 0.717) is 6.61 Å². The standard InChI is InChI=1S/C27H30N2O3/c1-18-17-29(27(30)25-6-4-16-31-25)15-13-24(18)32-22-10-7-20(8-11-22)23-12-9-21-5-3-14-28-26(21)19(23)2/h3,5,7-12,14,18,24-25H,4,6,13,15-17H2,1-2H3/t18?,24?,25-/m0/s1. The molecule has 5 rings (SSSR count). The number of rotatable bonds is 4. The Morgan fingerprint density at radius 2 is 1.97 bits per heavy atom. The third kappa shape index (κ3) is 4.09. The Labute approximate surface area is 189 Å². The van der Waals surface area contributed by atoms with Gasteiger partial charge in [-0.05, 0) is 54.7 Å². The van der Waals surface area contributed by atoms with E-state index >= 15 is 0 Å². The molecule has 5 nitrogen and oxygen atoms in total. The number of pyridine rings is 1. The smallest absolute Gasteiger partial charge is 0.251 e. The fourth-order valence-corrected chi connectivity index (χ4v) is 4.97. The zero-order chi connectivity index (χ0) is 22.1. The average Bonchev–Trinajstić information content (AvgIpc) is 3.36. The van der Waals surface area contributed by atoms with Crippen LogP contribution in [0.5, 0.6) is 5.75 Å². The van der Waals surface area contributed by atoms with E-state index in [1.807, 2.05) is 29.3 Å². The summed E-state index contributed by atoms with van der Waals surface area (Å²) in [5.41, 5.74) is 4.58. The maximum absolute atomic E-state index is 12.6. The zero-order valence-electron chi connectivity index (χ0n) is 18.8. The Kier molecular flexibility index (Phi) is 5.83. The number of aromatic nitrogens is 1. The van der Waals surface area contributed by atoms with Gasteiger partial charge in [0.1, 0.15) is 18.0 Å². The molecule has 2 aliphatic rings. The molecule has 2 saturated heterocycles. The molecule has 0 N–H and O–H groups in total. The Morgan fingerprint density at radius 1 is 1.12 bits per heavy atom. The molecule has 0 saturated carbocycles. The molecular formula is C27H30N2O3. The number of carbonyl (C=O) groups excluding carboxylic acids is 1. The van der Waals surface area contributed by atoms with Crippen molar-refractivity contribution in [3.8, 4) is 16.9 Å². The maximum Gasteiger partial charge on any atom is 0.251 e. The monoisotopic (exact) mass is 430 g/mol. The Hall–Kier alpha value is -2.92. The second-order valence-corrected chi connectivity index (χ2v) is 9.05. The molecule has 2 aromatic carbocycles. The van der Waals surface area contributed by atoms with Gasteiger partial charge in [0.15, 0.2) is 0 Å². The summed E-state index contributed by atoms with van der Waals surface area (Å²) in [5, 5.41) is 1.16. The number of carbonyl (C=O) groups is 1. The van der Waals surface area contributed by atoms with Crippen LogP contribution in [0, 0.1) is 12.8 Å². The number of piperidine rings is 1. The quantitative estimate of drug-likeness (QED) is 0.584. The number of fused-ring (bicyclic) bond motifs is 1. The first-order chi connectivity index (χ1) is 15.6. The van der Waals surface area contributed by atoms with Gasteiger partial charge in [0.05, 0.1) is 5.52 Å². The summed E-state index contributed by atoms with van der Waals surface area (Å²) in [6.07, 6.45) is 4.40. The van der Waals surface area contributed by atoms with Gasteiger partial charge in [-0.15, -0.1) is 0 Å². The zero-order valence-corrected chi connectivity index (χ0v) is 18.8. The predicted molar refractivity (Wildman–Crippen MR) is 126 cm³/mol. The van der Waals surface area contributed by atoms with Gasteiger partial charge in [-0.1, -0.05) is 37.3 Å². The van der Waals surface area contributed by atoms with E-state index in [4.69, 9.17) is 9.47 Å². The summed E-state index contributed by atoms with van der Waals surface area (Å²) in [5.74, 6) is 1.31. The lowest BCUT2D eigenvalue weighted by molar-refractivity contribution is -0.144. The number of hydrogen-bond donors (Lipinski definition) is 0. The third-order valence-corrected chi connectivity index (χ3v) is 6.82. The molecule has 2 fully saturated rings. The van der Waals surface area contributed by atoms with Crippen molar-refractivity contribution in [1.82, 2.24) is 9.88 Å². The Bertz CT molecular complexity index is 1110. The second-order valence-electron chi connectivity index (χ2n) is 9.05. The fraction of sp³-hybridized carbons (Fsp3) is 0.407. The van der Waals surface area contributed by atoms with Crippen molar-refractivity contribution in [2.24, 2.45) is 5.92 Å².